The average molecular weight is 295 g/mol. The van der Waals surface area contributed by atoms with Gasteiger partial charge in [-0.3, -0.25) is 4.79 Å². The quantitative estimate of drug-likeness (QED) is 0.820. The summed E-state index contributed by atoms with van der Waals surface area (Å²) in [5.74, 6) is -1.37. The van der Waals surface area contributed by atoms with Crippen LogP contribution in [0.2, 0.25) is 0 Å². The average Bonchev–Trinajstić information content (AvgIpc) is 3.20. The van der Waals surface area contributed by atoms with Gasteiger partial charge in [-0.1, -0.05) is 11.6 Å². The molecule has 1 aliphatic carbocycles. The number of nitrogens with one attached hydrogen (secondary N) is 1. The Hall–Kier alpha value is -1.75. The van der Waals surface area contributed by atoms with Gasteiger partial charge < -0.3 is 10.4 Å². The molecule has 0 aromatic heterocycles. The Morgan fingerprint density at radius 1 is 1.48 bits per heavy atom. The Kier molecular flexibility index (Phi) is 4.42. The summed E-state index contributed by atoms with van der Waals surface area (Å²) in [6, 6.07) is 2.97. The summed E-state index contributed by atoms with van der Waals surface area (Å²) < 4.78 is 26.5. The van der Waals surface area contributed by atoms with E-state index >= 15 is 0 Å². The molecule has 0 radical (unpaired) electrons. The molecule has 5 heteroatoms. The van der Waals surface area contributed by atoms with Crippen molar-refractivity contribution in [3.05, 3.63) is 47.0 Å². The molecule has 1 aliphatic rings. The van der Waals surface area contributed by atoms with E-state index in [2.05, 4.69) is 5.32 Å². The van der Waals surface area contributed by atoms with Gasteiger partial charge in [0.25, 0.3) is 0 Å². The van der Waals surface area contributed by atoms with Crippen molar-refractivity contribution in [2.45, 2.75) is 32.3 Å². The van der Waals surface area contributed by atoms with E-state index in [1.54, 1.807) is 0 Å². The van der Waals surface area contributed by atoms with Crippen molar-refractivity contribution < 1.29 is 18.7 Å². The molecule has 2 N–H and O–H groups in total. The smallest absolute Gasteiger partial charge is 0.244 e. The molecule has 1 atom stereocenters. The molecule has 1 amide bonds. The molecule has 1 aromatic carbocycles. The zero-order chi connectivity index (χ0) is 15.6. The topological polar surface area (TPSA) is 49.3 Å². The standard InChI is InChI=1S/C16H19F2NO2/c1-10(11-3-4-11)7-15(20)19-9-16(2,21)13-6-5-12(17)8-14(13)18/h5-8,11,21H,3-4,9H2,1-2H3,(H,19,20)/b10-7-. The lowest BCUT2D eigenvalue weighted by molar-refractivity contribution is -0.117. The minimum Gasteiger partial charge on any atom is -0.383 e. The van der Waals surface area contributed by atoms with E-state index in [1.807, 2.05) is 6.92 Å². The summed E-state index contributed by atoms with van der Waals surface area (Å²) in [7, 11) is 0. The second-order valence-electron chi connectivity index (χ2n) is 5.78. The van der Waals surface area contributed by atoms with E-state index in [4.69, 9.17) is 0 Å². The molecule has 3 nitrogen and oxygen atoms in total. The van der Waals surface area contributed by atoms with Crippen LogP contribution in [0.4, 0.5) is 8.78 Å². The van der Waals surface area contributed by atoms with Crippen LogP contribution in [-0.2, 0) is 10.4 Å². The van der Waals surface area contributed by atoms with Crippen LogP contribution in [0.3, 0.4) is 0 Å². The minimum absolute atomic E-state index is 0.0490. The van der Waals surface area contributed by atoms with Gasteiger partial charge in [-0.25, -0.2) is 8.78 Å². The lowest BCUT2D eigenvalue weighted by Crippen LogP contribution is -2.38. The monoisotopic (exact) mass is 295 g/mol. The van der Waals surface area contributed by atoms with Crippen LogP contribution >= 0.6 is 0 Å². The van der Waals surface area contributed by atoms with Crippen molar-refractivity contribution in [1.29, 1.82) is 0 Å². The van der Waals surface area contributed by atoms with Crippen molar-refractivity contribution in [2.75, 3.05) is 6.54 Å². The number of rotatable bonds is 5. The van der Waals surface area contributed by atoms with Crippen LogP contribution in [0.15, 0.2) is 29.8 Å². The van der Waals surface area contributed by atoms with E-state index in [0.29, 0.717) is 12.0 Å². The first kappa shape index (κ1) is 15.6. The van der Waals surface area contributed by atoms with Crippen LogP contribution in [0, 0.1) is 17.6 Å². The molecule has 0 bridgehead atoms. The first-order valence-electron chi connectivity index (χ1n) is 6.93. The van der Waals surface area contributed by atoms with E-state index < -0.39 is 17.2 Å². The predicted octanol–water partition coefficient (Wildman–Crippen LogP) is 2.64. The molecule has 1 aromatic rings. The predicted molar refractivity (Wildman–Crippen MR) is 75.4 cm³/mol. The molecule has 0 aliphatic heterocycles. The van der Waals surface area contributed by atoms with Crippen molar-refractivity contribution in [3.63, 3.8) is 0 Å². The minimum atomic E-state index is -1.60. The van der Waals surface area contributed by atoms with Crippen molar-refractivity contribution in [3.8, 4) is 0 Å². The van der Waals surface area contributed by atoms with Gasteiger partial charge in [-0.2, -0.15) is 0 Å². The molecule has 1 fully saturated rings. The summed E-state index contributed by atoms with van der Waals surface area (Å²) in [6.45, 7) is 3.12. The second-order valence-corrected chi connectivity index (χ2v) is 5.78. The number of benzene rings is 1. The molecule has 1 saturated carbocycles. The summed E-state index contributed by atoms with van der Waals surface area (Å²) >= 11 is 0. The normalized spacial score (nSPS) is 18.2. The third-order valence-corrected chi connectivity index (χ3v) is 3.70. The zero-order valence-corrected chi connectivity index (χ0v) is 12.1. The van der Waals surface area contributed by atoms with Gasteiger partial charge in [-0.15, -0.1) is 0 Å². The van der Waals surface area contributed by atoms with Gasteiger partial charge in [0.2, 0.25) is 5.91 Å². The zero-order valence-electron chi connectivity index (χ0n) is 12.1. The van der Waals surface area contributed by atoms with E-state index in [9.17, 15) is 18.7 Å². The maximum Gasteiger partial charge on any atom is 0.244 e. The third kappa shape index (κ3) is 4.11. The molecular weight excluding hydrogens is 276 g/mol. The van der Waals surface area contributed by atoms with Gasteiger partial charge in [0.05, 0.1) is 6.54 Å². The fourth-order valence-electron chi connectivity index (χ4n) is 2.20. The number of amides is 1. The van der Waals surface area contributed by atoms with Gasteiger partial charge in [0, 0.05) is 17.7 Å². The highest BCUT2D eigenvalue weighted by Crippen LogP contribution is 2.35. The number of hydrogen-bond acceptors (Lipinski definition) is 2. The number of carbonyl (C=O) groups is 1. The Morgan fingerprint density at radius 3 is 2.71 bits per heavy atom. The van der Waals surface area contributed by atoms with Crippen molar-refractivity contribution in [2.24, 2.45) is 5.92 Å². The fourth-order valence-corrected chi connectivity index (χ4v) is 2.20. The van der Waals surface area contributed by atoms with E-state index in [-0.39, 0.29) is 18.0 Å². The Bertz CT molecular complexity index is 578. The van der Waals surface area contributed by atoms with Gasteiger partial charge in [0.1, 0.15) is 17.2 Å². The SMILES string of the molecule is C/C(=C/C(=O)NCC(C)(O)c1ccc(F)cc1F)C1CC1. The second kappa shape index (κ2) is 5.93. The summed E-state index contributed by atoms with van der Waals surface area (Å²) in [5, 5.41) is 12.8. The van der Waals surface area contributed by atoms with E-state index in [0.717, 1.165) is 24.5 Å². The Morgan fingerprint density at radius 2 is 2.14 bits per heavy atom. The van der Waals surface area contributed by atoms with E-state index in [1.165, 1.54) is 19.1 Å². The highest BCUT2D eigenvalue weighted by molar-refractivity contribution is 5.88. The Labute approximate surface area is 122 Å². The highest BCUT2D eigenvalue weighted by atomic mass is 19.1. The molecule has 0 heterocycles. The molecule has 0 saturated heterocycles. The fraction of sp³-hybridized carbons (Fsp3) is 0.438. The molecule has 0 spiro atoms. The van der Waals surface area contributed by atoms with Crippen LogP contribution in [-0.4, -0.2) is 17.6 Å². The largest absolute Gasteiger partial charge is 0.383 e. The molecule has 2 rings (SSSR count). The van der Waals surface area contributed by atoms with Gasteiger partial charge in [0.15, 0.2) is 0 Å². The number of hydrogen-bond donors (Lipinski definition) is 2. The molecule has 21 heavy (non-hydrogen) atoms. The van der Waals surface area contributed by atoms with Crippen LogP contribution in [0.5, 0.6) is 0 Å². The molecule has 1 unspecified atom stereocenters. The highest BCUT2D eigenvalue weighted by Gasteiger charge is 2.28. The van der Waals surface area contributed by atoms with Gasteiger partial charge in [-0.05, 0) is 38.7 Å². The van der Waals surface area contributed by atoms with Gasteiger partial charge >= 0.3 is 0 Å². The van der Waals surface area contributed by atoms with Crippen LogP contribution in [0.25, 0.3) is 0 Å². The number of aliphatic hydroxyl groups is 1. The maximum absolute atomic E-state index is 13.7. The summed E-state index contributed by atoms with van der Waals surface area (Å²) in [4.78, 5) is 11.8. The first-order chi connectivity index (χ1) is 9.79. The maximum atomic E-state index is 13.7. The van der Waals surface area contributed by atoms with Crippen molar-refractivity contribution in [1.82, 2.24) is 5.32 Å². The van der Waals surface area contributed by atoms with Crippen LogP contribution in [0.1, 0.15) is 32.3 Å². The number of halogens is 2. The number of allylic oxidation sites excluding steroid dienone is 1. The number of carbonyl (C=O) groups excluding carboxylic acids is 1. The summed E-state index contributed by atoms with van der Waals surface area (Å²) in [5.41, 5.74) is -0.637. The lowest BCUT2D eigenvalue weighted by atomic mass is 9.95. The molecular formula is C16H19F2NO2. The molecule has 114 valence electrons. The Balaban J connectivity index is 2.00. The van der Waals surface area contributed by atoms with Crippen LogP contribution < -0.4 is 5.32 Å². The van der Waals surface area contributed by atoms with Crippen molar-refractivity contribution >= 4 is 5.91 Å². The summed E-state index contributed by atoms with van der Waals surface area (Å²) in [6.07, 6.45) is 3.72. The lowest BCUT2D eigenvalue weighted by Gasteiger charge is -2.24. The third-order valence-electron chi connectivity index (χ3n) is 3.70. The first-order valence-corrected chi connectivity index (χ1v) is 6.93.